The van der Waals surface area contributed by atoms with Crippen molar-refractivity contribution in [2.24, 2.45) is 0 Å². The summed E-state index contributed by atoms with van der Waals surface area (Å²) >= 11 is 1.26. The summed E-state index contributed by atoms with van der Waals surface area (Å²) in [6, 6.07) is 4.84. The van der Waals surface area contributed by atoms with Crippen molar-refractivity contribution in [3.05, 3.63) is 39.7 Å². The molecule has 0 radical (unpaired) electrons. The highest BCUT2D eigenvalue weighted by Gasteiger charge is 2.38. The number of fused-ring (bicyclic) bond motifs is 1. The predicted octanol–water partition coefficient (Wildman–Crippen LogP) is 5.46. The van der Waals surface area contributed by atoms with Gasteiger partial charge in [-0.15, -0.1) is 0 Å². The van der Waals surface area contributed by atoms with Gasteiger partial charge in [-0.2, -0.15) is 13.2 Å². The summed E-state index contributed by atoms with van der Waals surface area (Å²) in [4.78, 5) is 24.0. The SMILES string of the molecule is CCCCn1c(=O)c(C(F)(F)F)c(CC)c2ccc(OCCOCCOCCSC(=O)CC)cc21. The van der Waals surface area contributed by atoms with Gasteiger partial charge in [0, 0.05) is 30.2 Å². The number of carbonyl (C=O) groups is 1. The first-order valence-corrected chi connectivity index (χ1v) is 12.9. The number of halogens is 3. The van der Waals surface area contributed by atoms with Crippen LogP contribution >= 0.6 is 11.8 Å². The number of aromatic nitrogens is 1. The second kappa shape index (κ2) is 14.5. The minimum absolute atomic E-state index is 0.0117. The molecule has 0 N–H and O–H groups in total. The molecule has 0 bridgehead atoms. The van der Waals surface area contributed by atoms with E-state index in [9.17, 15) is 22.8 Å². The molecule has 1 heterocycles. The van der Waals surface area contributed by atoms with Crippen LogP contribution in [-0.2, 0) is 33.4 Å². The highest BCUT2D eigenvalue weighted by molar-refractivity contribution is 8.13. The average Bonchev–Trinajstić information content (AvgIpc) is 2.82. The van der Waals surface area contributed by atoms with Crippen molar-refractivity contribution in [3.8, 4) is 5.75 Å². The molecule has 196 valence electrons. The summed E-state index contributed by atoms with van der Waals surface area (Å²) in [6.45, 7) is 7.37. The number of benzene rings is 1. The fraction of sp³-hybridized carbons (Fsp3) is 0.600. The van der Waals surface area contributed by atoms with Crippen LogP contribution in [0.3, 0.4) is 0 Å². The molecule has 0 aliphatic carbocycles. The Morgan fingerprint density at radius 1 is 1.03 bits per heavy atom. The van der Waals surface area contributed by atoms with Crippen molar-refractivity contribution in [3.63, 3.8) is 0 Å². The number of thioether (sulfide) groups is 1. The molecule has 0 unspecified atom stereocenters. The van der Waals surface area contributed by atoms with E-state index in [0.717, 1.165) is 6.42 Å². The van der Waals surface area contributed by atoms with Crippen LogP contribution in [0.25, 0.3) is 10.9 Å². The number of unbranched alkanes of at least 4 members (excludes halogenated alkanes) is 1. The molecule has 0 amide bonds. The zero-order valence-corrected chi connectivity index (χ0v) is 21.4. The number of hydrogen-bond acceptors (Lipinski definition) is 6. The summed E-state index contributed by atoms with van der Waals surface area (Å²) in [6.07, 6.45) is -2.77. The van der Waals surface area contributed by atoms with Crippen LogP contribution in [0, 0.1) is 0 Å². The Labute approximate surface area is 208 Å². The van der Waals surface area contributed by atoms with E-state index in [-0.39, 0.29) is 30.3 Å². The molecule has 35 heavy (non-hydrogen) atoms. The first-order valence-electron chi connectivity index (χ1n) is 11.9. The quantitative estimate of drug-likeness (QED) is 0.292. The van der Waals surface area contributed by atoms with Crippen molar-refractivity contribution in [2.45, 2.75) is 59.2 Å². The molecule has 0 aliphatic rings. The maximum Gasteiger partial charge on any atom is 0.421 e. The van der Waals surface area contributed by atoms with Crippen molar-refractivity contribution in [1.82, 2.24) is 4.57 Å². The Hall–Kier alpha value is -2.04. The smallest absolute Gasteiger partial charge is 0.421 e. The fourth-order valence-corrected chi connectivity index (χ4v) is 4.28. The molecule has 1 aromatic heterocycles. The molecule has 10 heteroatoms. The monoisotopic (exact) mass is 517 g/mol. The Balaban J connectivity index is 2.01. The molecule has 2 aromatic rings. The number of hydrogen-bond donors (Lipinski definition) is 0. The third kappa shape index (κ3) is 8.54. The van der Waals surface area contributed by atoms with Gasteiger partial charge in [-0.1, -0.05) is 39.0 Å². The molecular formula is C25H34F3NO5S. The lowest BCUT2D eigenvalue weighted by molar-refractivity contribution is -0.139. The molecule has 0 spiro atoms. The van der Waals surface area contributed by atoms with Gasteiger partial charge in [-0.25, -0.2) is 0 Å². The summed E-state index contributed by atoms with van der Waals surface area (Å²) in [7, 11) is 0. The van der Waals surface area contributed by atoms with Crippen LogP contribution in [-0.4, -0.2) is 48.5 Å². The lowest BCUT2D eigenvalue weighted by Crippen LogP contribution is -2.31. The van der Waals surface area contributed by atoms with E-state index in [0.29, 0.717) is 61.7 Å². The first kappa shape index (κ1) is 29.2. The van der Waals surface area contributed by atoms with Gasteiger partial charge in [0.1, 0.15) is 17.9 Å². The lowest BCUT2D eigenvalue weighted by Gasteiger charge is -2.19. The topological polar surface area (TPSA) is 66.8 Å². The minimum atomic E-state index is -4.72. The highest BCUT2D eigenvalue weighted by atomic mass is 32.2. The molecule has 1 aromatic carbocycles. The van der Waals surface area contributed by atoms with Crippen molar-refractivity contribution >= 4 is 27.8 Å². The standard InChI is InChI=1S/C25H34F3NO5S/c1-4-7-10-29-21-17-18(34-14-13-32-11-12-33-15-16-35-22(30)6-3)8-9-20(21)19(5-2)23(24(29)31)25(26,27)28/h8-9,17H,4-7,10-16H2,1-3H3. The van der Waals surface area contributed by atoms with Gasteiger partial charge in [0.15, 0.2) is 5.12 Å². The largest absolute Gasteiger partial charge is 0.491 e. The Morgan fingerprint density at radius 2 is 1.71 bits per heavy atom. The highest BCUT2D eigenvalue weighted by Crippen LogP contribution is 2.34. The number of ether oxygens (including phenoxy) is 3. The van der Waals surface area contributed by atoms with Crippen molar-refractivity contribution < 1.29 is 32.2 Å². The van der Waals surface area contributed by atoms with Crippen LogP contribution in [0.1, 0.15) is 51.2 Å². The normalized spacial score (nSPS) is 11.8. The molecule has 0 fully saturated rings. The van der Waals surface area contributed by atoms with Gasteiger partial charge in [0.2, 0.25) is 0 Å². The zero-order chi connectivity index (χ0) is 25.8. The third-order valence-corrected chi connectivity index (χ3v) is 6.35. The van der Waals surface area contributed by atoms with E-state index in [2.05, 4.69) is 0 Å². The van der Waals surface area contributed by atoms with E-state index in [1.165, 1.54) is 16.3 Å². The molecule has 2 rings (SSSR count). The zero-order valence-electron chi connectivity index (χ0n) is 20.5. The van der Waals surface area contributed by atoms with Crippen LogP contribution in [0.2, 0.25) is 0 Å². The number of carbonyl (C=O) groups excluding carboxylic acids is 1. The number of pyridine rings is 1. The maximum atomic E-state index is 13.7. The predicted molar refractivity (Wildman–Crippen MR) is 132 cm³/mol. The van der Waals surface area contributed by atoms with Gasteiger partial charge in [0.05, 0.1) is 31.9 Å². The second-order valence-corrected chi connectivity index (χ2v) is 8.99. The van der Waals surface area contributed by atoms with E-state index in [1.54, 1.807) is 25.1 Å². The third-order valence-electron chi connectivity index (χ3n) is 5.37. The fourth-order valence-electron chi connectivity index (χ4n) is 3.64. The van der Waals surface area contributed by atoms with Crippen molar-refractivity contribution in [1.29, 1.82) is 0 Å². The Kier molecular flexibility index (Phi) is 12.1. The summed E-state index contributed by atoms with van der Waals surface area (Å²) < 4.78 is 59.0. The molecule has 6 nitrogen and oxygen atoms in total. The Morgan fingerprint density at radius 3 is 2.34 bits per heavy atom. The number of rotatable bonds is 15. The summed E-state index contributed by atoms with van der Waals surface area (Å²) in [5, 5.41) is 0.555. The molecule has 0 aliphatic heterocycles. The van der Waals surface area contributed by atoms with E-state index in [4.69, 9.17) is 14.2 Å². The van der Waals surface area contributed by atoms with Crippen molar-refractivity contribution in [2.75, 3.05) is 38.8 Å². The van der Waals surface area contributed by atoms with Gasteiger partial charge < -0.3 is 18.8 Å². The van der Waals surface area contributed by atoms with Gasteiger partial charge >= 0.3 is 6.18 Å². The van der Waals surface area contributed by atoms with Crippen LogP contribution in [0.15, 0.2) is 23.0 Å². The number of nitrogens with zero attached hydrogens (tertiary/aromatic N) is 1. The molecule has 0 saturated heterocycles. The maximum absolute atomic E-state index is 13.7. The lowest BCUT2D eigenvalue weighted by atomic mass is 9.99. The molecule has 0 saturated carbocycles. The molecular weight excluding hydrogens is 483 g/mol. The van der Waals surface area contributed by atoms with Gasteiger partial charge in [-0.3, -0.25) is 9.59 Å². The van der Waals surface area contributed by atoms with Gasteiger partial charge in [-0.05, 0) is 30.5 Å². The second-order valence-electron chi connectivity index (χ2n) is 7.84. The number of alkyl halides is 3. The van der Waals surface area contributed by atoms with E-state index >= 15 is 0 Å². The van der Waals surface area contributed by atoms with E-state index < -0.39 is 17.3 Å². The average molecular weight is 518 g/mol. The van der Waals surface area contributed by atoms with Crippen LogP contribution in [0.4, 0.5) is 13.2 Å². The minimum Gasteiger partial charge on any atom is -0.491 e. The summed E-state index contributed by atoms with van der Waals surface area (Å²) in [5.41, 5.74) is -1.63. The van der Waals surface area contributed by atoms with E-state index in [1.807, 2.05) is 13.8 Å². The van der Waals surface area contributed by atoms with Gasteiger partial charge in [0.25, 0.3) is 5.56 Å². The first-order chi connectivity index (χ1) is 16.7. The Bertz CT molecular complexity index is 1020. The summed E-state index contributed by atoms with van der Waals surface area (Å²) in [5.74, 6) is 1.08. The molecule has 0 atom stereocenters. The number of aryl methyl sites for hydroxylation is 2. The van der Waals surface area contributed by atoms with Crippen LogP contribution in [0.5, 0.6) is 5.75 Å². The van der Waals surface area contributed by atoms with Crippen LogP contribution < -0.4 is 10.3 Å².